The van der Waals surface area contributed by atoms with Crippen molar-refractivity contribution in [2.45, 2.75) is 6.42 Å². The van der Waals surface area contributed by atoms with Crippen molar-refractivity contribution < 1.29 is 26.3 Å². The van der Waals surface area contributed by atoms with Gasteiger partial charge in [-0.15, -0.1) is 0 Å². The molecule has 2 rings (SSSR count). The third kappa shape index (κ3) is 2.43. The maximum absolute atomic E-state index is 13.4. The molecule has 0 nitrogen and oxygen atoms in total. The molecule has 100 valence electrons. The van der Waals surface area contributed by atoms with Crippen molar-refractivity contribution in [3.8, 4) is 0 Å². The molecule has 0 spiro atoms. The van der Waals surface area contributed by atoms with Crippen molar-refractivity contribution in [1.29, 1.82) is 0 Å². The van der Waals surface area contributed by atoms with Gasteiger partial charge in [0.1, 0.15) is 5.82 Å². The summed E-state index contributed by atoms with van der Waals surface area (Å²) in [6.45, 7) is 0. The van der Waals surface area contributed by atoms with Gasteiger partial charge in [0.25, 0.3) is 0 Å². The molecule has 0 aliphatic carbocycles. The smallest absolute Gasteiger partial charge is 0.200 e. The molecule has 0 saturated carbocycles. The van der Waals surface area contributed by atoms with Gasteiger partial charge >= 0.3 is 0 Å². The lowest BCUT2D eigenvalue weighted by Crippen LogP contribution is -2.07. The van der Waals surface area contributed by atoms with Crippen LogP contribution in [0.2, 0.25) is 0 Å². The average molecular weight is 276 g/mol. The minimum Gasteiger partial charge on any atom is -0.207 e. The molecule has 0 bridgehead atoms. The highest BCUT2D eigenvalue weighted by Gasteiger charge is 2.25. The van der Waals surface area contributed by atoms with E-state index in [1.54, 1.807) is 0 Å². The third-order valence-corrected chi connectivity index (χ3v) is 2.59. The van der Waals surface area contributed by atoms with Crippen molar-refractivity contribution in [1.82, 2.24) is 0 Å². The van der Waals surface area contributed by atoms with Gasteiger partial charge < -0.3 is 0 Å². The molecule has 0 aliphatic heterocycles. The van der Waals surface area contributed by atoms with E-state index >= 15 is 0 Å². The summed E-state index contributed by atoms with van der Waals surface area (Å²) in [5, 5.41) is 0. The average Bonchev–Trinajstić information content (AvgIpc) is 2.41. The van der Waals surface area contributed by atoms with Crippen LogP contribution >= 0.6 is 0 Å². The molecule has 0 aliphatic rings. The van der Waals surface area contributed by atoms with Crippen LogP contribution in [0.3, 0.4) is 0 Å². The third-order valence-electron chi connectivity index (χ3n) is 2.59. The molecule has 0 aromatic heterocycles. The van der Waals surface area contributed by atoms with Crippen LogP contribution in [0.5, 0.6) is 0 Å². The Hall–Kier alpha value is -1.98. The van der Waals surface area contributed by atoms with E-state index in [-0.39, 0.29) is 5.56 Å². The van der Waals surface area contributed by atoms with E-state index in [4.69, 9.17) is 0 Å². The Bertz CT molecular complexity index is 589. The predicted molar refractivity (Wildman–Crippen MR) is 55.4 cm³/mol. The topological polar surface area (TPSA) is 0 Å². The standard InChI is InChI=1S/C13H6F6/c14-7-3-1-6(2-4-7)5-8-9(15)11(17)13(19)12(18)10(8)16/h1-4H,5H2. The Morgan fingerprint density at radius 3 is 1.47 bits per heavy atom. The van der Waals surface area contributed by atoms with Crippen molar-refractivity contribution in [2.75, 3.05) is 0 Å². The van der Waals surface area contributed by atoms with Crippen molar-refractivity contribution >= 4 is 0 Å². The molecule has 0 radical (unpaired) electrons. The van der Waals surface area contributed by atoms with Crippen LogP contribution in [0.25, 0.3) is 0 Å². The Morgan fingerprint density at radius 2 is 1.00 bits per heavy atom. The molecule has 19 heavy (non-hydrogen) atoms. The van der Waals surface area contributed by atoms with Gasteiger partial charge in [0.05, 0.1) is 0 Å². The maximum atomic E-state index is 13.4. The first-order chi connectivity index (χ1) is 8.91. The van der Waals surface area contributed by atoms with Crippen LogP contribution in [-0.2, 0) is 6.42 Å². The van der Waals surface area contributed by atoms with E-state index < -0.39 is 46.9 Å². The van der Waals surface area contributed by atoms with E-state index in [0.29, 0.717) is 0 Å². The fourth-order valence-corrected chi connectivity index (χ4v) is 1.61. The molecule has 0 amide bonds. The normalized spacial score (nSPS) is 10.8. The highest BCUT2D eigenvalue weighted by molar-refractivity contribution is 5.30. The Balaban J connectivity index is 2.48. The van der Waals surface area contributed by atoms with Gasteiger partial charge in [-0.3, -0.25) is 0 Å². The van der Waals surface area contributed by atoms with Gasteiger partial charge in [-0.1, -0.05) is 12.1 Å². The first-order valence-corrected chi connectivity index (χ1v) is 5.16. The SMILES string of the molecule is Fc1ccc(Cc2c(F)c(F)c(F)c(F)c2F)cc1. The molecule has 0 saturated heterocycles. The highest BCUT2D eigenvalue weighted by Crippen LogP contribution is 2.25. The van der Waals surface area contributed by atoms with E-state index in [1.165, 1.54) is 12.1 Å². The van der Waals surface area contributed by atoms with Gasteiger partial charge in [0.2, 0.25) is 5.82 Å². The zero-order chi connectivity index (χ0) is 14.2. The van der Waals surface area contributed by atoms with E-state index in [0.717, 1.165) is 12.1 Å². The quantitative estimate of drug-likeness (QED) is 0.440. The lowest BCUT2D eigenvalue weighted by atomic mass is 10.0. The van der Waals surface area contributed by atoms with Gasteiger partial charge in [-0.25, -0.2) is 26.3 Å². The molecular weight excluding hydrogens is 270 g/mol. The first kappa shape index (κ1) is 13.5. The second kappa shape index (κ2) is 4.95. The summed E-state index contributed by atoms with van der Waals surface area (Å²) >= 11 is 0. The lowest BCUT2D eigenvalue weighted by molar-refractivity contribution is 0.371. The van der Waals surface area contributed by atoms with Crippen LogP contribution in [0, 0.1) is 34.9 Å². The molecule has 2 aromatic carbocycles. The summed E-state index contributed by atoms with van der Waals surface area (Å²) in [4.78, 5) is 0. The molecule has 0 unspecified atom stereocenters. The molecule has 0 N–H and O–H groups in total. The monoisotopic (exact) mass is 276 g/mol. The minimum atomic E-state index is -2.20. The van der Waals surface area contributed by atoms with Gasteiger partial charge in [-0.05, 0) is 17.7 Å². The fourth-order valence-electron chi connectivity index (χ4n) is 1.61. The predicted octanol–water partition coefficient (Wildman–Crippen LogP) is 4.11. The van der Waals surface area contributed by atoms with E-state index in [2.05, 4.69) is 0 Å². The summed E-state index contributed by atoms with van der Waals surface area (Å²) in [5.41, 5.74) is -0.715. The lowest BCUT2D eigenvalue weighted by Gasteiger charge is -2.08. The summed E-state index contributed by atoms with van der Waals surface area (Å²) in [6, 6.07) is 4.46. The Kier molecular flexibility index (Phi) is 3.50. The second-order valence-electron chi connectivity index (χ2n) is 3.85. The van der Waals surface area contributed by atoms with Crippen molar-refractivity contribution in [2.24, 2.45) is 0 Å². The summed E-state index contributed by atoms with van der Waals surface area (Å²) in [6.07, 6.45) is -0.522. The number of benzene rings is 2. The zero-order valence-corrected chi connectivity index (χ0v) is 9.28. The van der Waals surface area contributed by atoms with E-state index in [9.17, 15) is 26.3 Å². The van der Waals surface area contributed by atoms with Gasteiger partial charge in [-0.2, -0.15) is 0 Å². The zero-order valence-electron chi connectivity index (χ0n) is 9.28. The van der Waals surface area contributed by atoms with Crippen LogP contribution in [-0.4, -0.2) is 0 Å². The summed E-state index contributed by atoms with van der Waals surface area (Å²) in [7, 11) is 0. The van der Waals surface area contributed by atoms with Crippen LogP contribution < -0.4 is 0 Å². The van der Waals surface area contributed by atoms with Gasteiger partial charge in [0, 0.05) is 12.0 Å². The first-order valence-electron chi connectivity index (χ1n) is 5.16. The van der Waals surface area contributed by atoms with Crippen molar-refractivity contribution in [3.05, 3.63) is 70.3 Å². The highest BCUT2D eigenvalue weighted by atomic mass is 19.2. The van der Waals surface area contributed by atoms with Crippen molar-refractivity contribution in [3.63, 3.8) is 0 Å². The molecule has 2 aromatic rings. The molecule has 0 heterocycles. The molecule has 6 heteroatoms. The Labute approximate surface area is 104 Å². The summed E-state index contributed by atoms with van der Waals surface area (Å²) in [5.74, 6) is -10.5. The number of halogens is 6. The largest absolute Gasteiger partial charge is 0.207 e. The minimum absolute atomic E-state index is 0.226. The number of rotatable bonds is 2. The van der Waals surface area contributed by atoms with Crippen LogP contribution in [0.15, 0.2) is 24.3 Å². The number of hydrogen-bond acceptors (Lipinski definition) is 0. The second-order valence-corrected chi connectivity index (χ2v) is 3.85. The molecule has 0 fully saturated rings. The molecular formula is C13H6F6. The molecule has 0 atom stereocenters. The van der Waals surface area contributed by atoms with Gasteiger partial charge in [0.15, 0.2) is 23.3 Å². The fraction of sp³-hybridized carbons (Fsp3) is 0.0769. The van der Waals surface area contributed by atoms with Crippen LogP contribution in [0.1, 0.15) is 11.1 Å². The maximum Gasteiger partial charge on any atom is 0.200 e. The van der Waals surface area contributed by atoms with E-state index in [1.807, 2.05) is 0 Å². The van der Waals surface area contributed by atoms with Crippen LogP contribution in [0.4, 0.5) is 26.3 Å². The number of hydrogen-bond donors (Lipinski definition) is 0. The Morgan fingerprint density at radius 1 is 0.579 bits per heavy atom. The summed E-state index contributed by atoms with van der Waals surface area (Å²) < 4.78 is 78.1.